The molecule has 0 amide bonds. The number of rotatable bonds is 2. The van der Waals surface area contributed by atoms with E-state index >= 15 is 0 Å². The Labute approximate surface area is 122 Å². The molecule has 0 atom stereocenters. The molecule has 2 aliphatic rings. The average Bonchev–Trinajstić information content (AvgIpc) is 2.84. The van der Waals surface area contributed by atoms with Crippen molar-refractivity contribution in [2.75, 3.05) is 0 Å². The molecule has 0 bridgehead atoms. The van der Waals surface area contributed by atoms with Gasteiger partial charge in [-0.15, -0.1) is 0 Å². The first-order valence-corrected chi connectivity index (χ1v) is 12.2. The fourth-order valence-corrected chi connectivity index (χ4v) is 11.4. The van der Waals surface area contributed by atoms with Gasteiger partial charge in [-0.1, -0.05) is 0 Å². The first-order chi connectivity index (χ1) is 8.20. The van der Waals surface area contributed by atoms with Crippen LogP contribution in [0.1, 0.15) is 41.0 Å². The molecule has 18 heavy (non-hydrogen) atoms. The van der Waals surface area contributed by atoms with E-state index in [-0.39, 0.29) is 5.41 Å². The van der Waals surface area contributed by atoms with Crippen LogP contribution in [0.25, 0.3) is 0 Å². The molecule has 0 nitrogen and oxygen atoms in total. The van der Waals surface area contributed by atoms with Crippen LogP contribution in [0.3, 0.4) is 0 Å². The van der Waals surface area contributed by atoms with Crippen LogP contribution in [0, 0.1) is 5.41 Å². The standard InChI is InChI=1S/C10H15.C5H5.2ClH.Ti/c1-7-6-10(4,5)9(3)8(7)2;1-2-4-5-3-1;;;/h1-5H3;1-3H,4H2;2*1H;/q;;;;+2/p-2. The van der Waals surface area contributed by atoms with E-state index in [9.17, 15) is 0 Å². The summed E-state index contributed by atoms with van der Waals surface area (Å²) in [6.45, 7) is 11.1. The summed E-state index contributed by atoms with van der Waals surface area (Å²) in [4.78, 5) is 0. The first kappa shape index (κ1) is 14.7. The molecule has 0 saturated heterocycles. The van der Waals surface area contributed by atoms with Crippen molar-refractivity contribution in [3.63, 3.8) is 0 Å². The van der Waals surface area contributed by atoms with Crippen LogP contribution in [0.15, 0.2) is 42.7 Å². The van der Waals surface area contributed by atoms with Crippen LogP contribution >= 0.6 is 18.6 Å². The van der Waals surface area contributed by atoms with Gasteiger partial charge >= 0.3 is 122 Å². The Morgan fingerprint density at radius 2 is 1.72 bits per heavy atom. The summed E-state index contributed by atoms with van der Waals surface area (Å²) in [6, 6.07) is 0. The predicted molar refractivity (Wildman–Crippen MR) is 78.4 cm³/mol. The van der Waals surface area contributed by atoms with Crippen molar-refractivity contribution in [2.45, 2.75) is 41.0 Å². The molecule has 0 aromatic rings. The van der Waals surface area contributed by atoms with E-state index in [4.69, 9.17) is 18.6 Å². The Balaban J connectivity index is 2.53. The molecule has 0 aliphatic heterocycles. The van der Waals surface area contributed by atoms with E-state index in [0.717, 1.165) is 6.42 Å². The molecule has 0 N–H and O–H groups in total. The average molecular weight is 319 g/mol. The second-order valence-electron chi connectivity index (χ2n) is 5.77. The summed E-state index contributed by atoms with van der Waals surface area (Å²) in [5.41, 5.74) is 4.13. The SMILES string of the molecule is CC1=C(C)C(C)(C)[C]([Ti]([Cl])([Cl])[C]2=CC=CC2)=C1C. The van der Waals surface area contributed by atoms with Crippen LogP contribution in [-0.2, 0) is 14.5 Å². The quantitative estimate of drug-likeness (QED) is 0.552. The van der Waals surface area contributed by atoms with E-state index in [1.165, 1.54) is 24.5 Å². The van der Waals surface area contributed by atoms with E-state index in [0.29, 0.717) is 0 Å². The van der Waals surface area contributed by atoms with Gasteiger partial charge in [-0.05, 0) is 0 Å². The van der Waals surface area contributed by atoms with Gasteiger partial charge in [0.2, 0.25) is 0 Å². The van der Waals surface area contributed by atoms with Gasteiger partial charge < -0.3 is 0 Å². The Morgan fingerprint density at radius 1 is 1.11 bits per heavy atom. The van der Waals surface area contributed by atoms with Crippen molar-refractivity contribution in [1.82, 2.24) is 0 Å². The maximum atomic E-state index is 6.92. The molecule has 0 spiro atoms. The molecule has 0 unspecified atom stereocenters. The normalized spacial score (nSPS) is 23.2. The third-order valence-corrected chi connectivity index (χ3v) is 12.5. The molecule has 98 valence electrons. The summed E-state index contributed by atoms with van der Waals surface area (Å²) in [7, 11) is 13.8. The van der Waals surface area contributed by atoms with Crippen molar-refractivity contribution in [3.05, 3.63) is 42.7 Å². The molecule has 2 aliphatic carbocycles. The molecule has 0 fully saturated rings. The zero-order chi connectivity index (χ0) is 13.7. The summed E-state index contributed by atoms with van der Waals surface area (Å²) in [6.07, 6.45) is 7.27. The van der Waals surface area contributed by atoms with Gasteiger partial charge in [-0.2, -0.15) is 0 Å². The third kappa shape index (κ3) is 2.02. The zero-order valence-corrected chi connectivity index (χ0v) is 14.8. The molecule has 0 saturated carbocycles. The number of hydrogen-bond donors (Lipinski definition) is 0. The van der Waals surface area contributed by atoms with E-state index < -0.39 is 14.5 Å². The van der Waals surface area contributed by atoms with Crippen LogP contribution in [0.2, 0.25) is 0 Å². The van der Waals surface area contributed by atoms with Gasteiger partial charge in [0.1, 0.15) is 0 Å². The molecular weight excluding hydrogens is 299 g/mol. The topological polar surface area (TPSA) is 0 Å². The minimum absolute atomic E-state index is 0.0150. The van der Waals surface area contributed by atoms with Gasteiger partial charge in [0.15, 0.2) is 0 Å². The summed E-state index contributed by atoms with van der Waals surface area (Å²) in [5.74, 6) is 0. The van der Waals surface area contributed by atoms with Crippen molar-refractivity contribution in [1.29, 1.82) is 0 Å². The minimum atomic E-state index is -3.11. The number of allylic oxidation sites excluding steroid dienone is 8. The molecule has 0 radical (unpaired) electrons. The first-order valence-electron chi connectivity index (χ1n) is 6.35. The maximum absolute atomic E-state index is 6.92. The summed E-state index contributed by atoms with van der Waals surface area (Å²) in [5, 5.41) is 0. The third-order valence-electron chi connectivity index (χ3n) is 4.55. The molecule has 0 aromatic heterocycles. The Kier molecular flexibility index (Phi) is 3.80. The molecule has 0 heterocycles. The summed E-state index contributed by atoms with van der Waals surface area (Å²) < 4.78 is 2.60. The van der Waals surface area contributed by atoms with Crippen molar-refractivity contribution in [2.24, 2.45) is 5.41 Å². The Morgan fingerprint density at radius 3 is 2.11 bits per heavy atom. The summed E-state index contributed by atoms with van der Waals surface area (Å²) >= 11 is -3.11. The Hall–Kier alpha value is 0.254. The van der Waals surface area contributed by atoms with Crippen LogP contribution < -0.4 is 0 Å². The molecular formula is C15H20Cl2Ti. The van der Waals surface area contributed by atoms with E-state index in [2.05, 4.69) is 52.8 Å². The second kappa shape index (κ2) is 4.67. The van der Waals surface area contributed by atoms with Crippen LogP contribution in [0.4, 0.5) is 0 Å². The molecule has 0 aromatic carbocycles. The predicted octanol–water partition coefficient (Wildman–Crippen LogP) is 5.94. The van der Waals surface area contributed by atoms with Crippen molar-refractivity contribution >= 4 is 18.6 Å². The van der Waals surface area contributed by atoms with E-state index in [1.807, 2.05) is 0 Å². The molecule has 2 rings (SSSR count). The van der Waals surface area contributed by atoms with Gasteiger partial charge in [-0.25, -0.2) is 0 Å². The van der Waals surface area contributed by atoms with Crippen LogP contribution in [-0.4, -0.2) is 0 Å². The van der Waals surface area contributed by atoms with Gasteiger partial charge in [0, 0.05) is 0 Å². The fraction of sp³-hybridized carbons (Fsp3) is 0.467. The number of hydrogen-bond acceptors (Lipinski definition) is 0. The zero-order valence-electron chi connectivity index (χ0n) is 11.7. The fourth-order valence-electron chi connectivity index (χ4n) is 3.06. The number of halogens is 2. The molecule has 3 heteroatoms. The van der Waals surface area contributed by atoms with Gasteiger partial charge in [0.25, 0.3) is 0 Å². The second-order valence-corrected chi connectivity index (χ2v) is 14.8. The van der Waals surface area contributed by atoms with Crippen LogP contribution in [0.5, 0.6) is 0 Å². The van der Waals surface area contributed by atoms with Crippen molar-refractivity contribution in [3.8, 4) is 0 Å². The Bertz CT molecular complexity index is 517. The van der Waals surface area contributed by atoms with E-state index in [1.54, 1.807) is 0 Å². The van der Waals surface area contributed by atoms with Crippen molar-refractivity contribution < 1.29 is 14.5 Å². The van der Waals surface area contributed by atoms with Gasteiger partial charge in [-0.3, -0.25) is 0 Å². The van der Waals surface area contributed by atoms with Gasteiger partial charge in [0.05, 0.1) is 0 Å². The monoisotopic (exact) mass is 318 g/mol.